The number of carbonyl (C=O) groups is 2. The van der Waals surface area contributed by atoms with E-state index in [-0.39, 0.29) is 5.91 Å². The Morgan fingerprint density at radius 1 is 1.44 bits per heavy atom. The highest BCUT2D eigenvalue weighted by Crippen LogP contribution is 2.29. The van der Waals surface area contributed by atoms with Gasteiger partial charge in [-0.05, 0) is 25.0 Å². The normalized spacial score (nSPS) is 24.8. The highest BCUT2D eigenvalue weighted by atomic mass is 32.2. The predicted octanol–water partition coefficient (Wildman–Crippen LogP) is 0.839. The second kappa shape index (κ2) is 7.63. The lowest BCUT2D eigenvalue weighted by molar-refractivity contribution is -0.141. The van der Waals surface area contributed by atoms with Crippen molar-refractivity contribution < 1.29 is 14.7 Å². The number of aliphatic carboxylic acids is 1. The molecule has 0 aliphatic heterocycles. The molecule has 1 rings (SSSR count). The van der Waals surface area contributed by atoms with Crippen LogP contribution in [0.5, 0.6) is 0 Å². The molecule has 1 fully saturated rings. The van der Waals surface area contributed by atoms with E-state index < -0.39 is 12.0 Å². The van der Waals surface area contributed by atoms with Crippen LogP contribution in [0.1, 0.15) is 33.1 Å². The van der Waals surface area contributed by atoms with Gasteiger partial charge < -0.3 is 15.7 Å². The van der Waals surface area contributed by atoms with Gasteiger partial charge in [-0.15, -0.1) is 0 Å². The van der Waals surface area contributed by atoms with Crippen molar-refractivity contribution in [3.63, 3.8) is 0 Å². The molecule has 3 N–H and O–H groups in total. The lowest BCUT2D eigenvalue weighted by Crippen LogP contribution is -2.48. The Labute approximate surface area is 112 Å². The first kappa shape index (κ1) is 15.3. The molecular formula is C12H22N2O3S. The maximum atomic E-state index is 10.9. The average Bonchev–Trinajstić information content (AvgIpc) is 2.72. The van der Waals surface area contributed by atoms with Crippen LogP contribution in [-0.4, -0.2) is 46.6 Å². The summed E-state index contributed by atoms with van der Waals surface area (Å²) in [7, 11) is 0. The molecule has 0 heterocycles. The molecule has 0 spiro atoms. The van der Waals surface area contributed by atoms with Gasteiger partial charge in [-0.1, -0.05) is 6.92 Å². The minimum Gasteiger partial charge on any atom is -0.480 e. The predicted molar refractivity (Wildman–Crippen MR) is 72.8 cm³/mol. The van der Waals surface area contributed by atoms with E-state index >= 15 is 0 Å². The molecule has 6 heteroatoms. The Balaban J connectivity index is 2.30. The SMILES string of the molecule is CCSC1CCC(NCC(NC(C)=O)C(=O)O)C1. The minimum atomic E-state index is -0.991. The zero-order chi connectivity index (χ0) is 13.5. The topological polar surface area (TPSA) is 78.4 Å². The van der Waals surface area contributed by atoms with Crippen molar-refractivity contribution in [3.05, 3.63) is 0 Å². The second-order valence-electron chi connectivity index (χ2n) is 4.59. The van der Waals surface area contributed by atoms with Crippen LogP contribution in [0.15, 0.2) is 0 Å². The molecular weight excluding hydrogens is 252 g/mol. The van der Waals surface area contributed by atoms with Gasteiger partial charge in [0, 0.05) is 24.8 Å². The number of carbonyl (C=O) groups excluding carboxylic acids is 1. The molecule has 3 unspecified atom stereocenters. The molecule has 0 radical (unpaired) electrons. The van der Waals surface area contributed by atoms with Crippen LogP contribution in [0.25, 0.3) is 0 Å². The van der Waals surface area contributed by atoms with Crippen molar-refractivity contribution in [1.29, 1.82) is 0 Å². The van der Waals surface area contributed by atoms with Gasteiger partial charge in [-0.25, -0.2) is 4.79 Å². The number of nitrogens with one attached hydrogen (secondary N) is 2. The van der Waals surface area contributed by atoms with Gasteiger partial charge in [0.1, 0.15) is 6.04 Å². The lowest BCUT2D eigenvalue weighted by atomic mass is 10.2. The molecule has 3 atom stereocenters. The fraction of sp³-hybridized carbons (Fsp3) is 0.833. The van der Waals surface area contributed by atoms with E-state index in [1.54, 1.807) is 0 Å². The zero-order valence-corrected chi connectivity index (χ0v) is 11.8. The molecule has 1 saturated carbocycles. The van der Waals surface area contributed by atoms with E-state index in [1.807, 2.05) is 11.8 Å². The maximum absolute atomic E-state index is 10.9. The Bertz CT molecular complexity index is 299. The standard InChI is InChI=1S/C12H22N2O3S/c1-3-18-10-5-4-9(6-10)13-7-11(12(16)17)14-8(2)15/h9-11,13H,3-7H2,1-2H3,(H,14,15)(H,16,17). The van der Waals surface area contributed by atoms with Crippen LogP contribution in [0.4, 0.5) is 0 Å². The van der Waals surface area contributed by atoms with Crippen molar-refractivity contribution in [2.75, 3.05) is 12.3 Å². The molecule has 0 aromatic heterocycles. The Kier molecular flexibility index (Phi) is 6.49. The molecule has 18 heavy (non-hydrogen) atoms. The fourth-order valence-electron chi connectivity index (χ4n) is 2.24. The van der Waals surface area contributed by atoms with E-state index in [0.717, 1.165) is 18.6 Å². The molecule has 5 nitrogen and oxygen atoms in total. The number of carboxylic acids is 1. The molecule has 0 saturated heterocycles. The van der Waals surface area contributed by atoms with E-state index in [4.69, 9.17) is 5.11 Å². The molecule has 0 bridgehead atoms. The maximum Gasteiger partial charge on any atom is 0.327 e. The summed E-state index contributed by atoms with van der Waals surface area (Å²) < 4.78 is 0. The van der Waals surface area contributed by atoms with Crippen LogP contribution in [0, 0.1) is 0 Å². The highest BCUT2D eigenvalue weighted by molar-refractivity contribution is 7.99. The van der Waals surface area contributed by atoms with Crippen LogP contribution in [0.3, 0.4) is 0 Å². The van der Waals surface area contributed by atoms with Gasteiger partial charge in [-0.3, -0.25) is 4.79 Å². The van der Waals surface area contributed by atoms with Gasteiger partial charge in [0.2, 0.25) is 5.91 Å². The smallest absolute Gasteiger partial charge is 0.327 e. The van der Waals surface area contributed by atoms with Crippen molar-refractivity contribution in [3.8, 4) is 0 Å². The van der Waals surface area contributed by atoms with Crippen molar-refractivity contribution in [2.24, 2.45) is 0 Å². The summed E-state index contributed by atoms with van der Waals surface area (Å²) in [5.74, 6) is -0.175. The molecule has 0 aromatic rings. The molecule has 104 valence electrons. The molecule has 1 aliphatic rings. The third kappa shape index (κ3) is 5.27. The number of hydrogen-bond acceptors (Lipinski definition) is 4. The Morgan fingerprint density at radius 2 is 2.17 bits per heavy atom. The van der Waals surface area contributed by atoms with Crippen molar-refractivity contribution >= 4 is 23.6 Å². The molecule has 1 amide bonds. The van der Waals surface area contributed by atoms with Crippen molar-refractivity contribution in [1.82, 2.24) is 10.6 Å². The van der Waals surface area contributed by atoms with Gasteiger partial charge in [0.25, 0.3) is 0 Å². The van der Waals surface area contributed by atoms with Gasteiger partial charge in [-0.2, -0.15) is 11.8 Å². The Morgan fingerprint density at radius 3 is 2.72 bits per heavy atom. The summed E-state index contributed by atoms with van der Waals surface area (Å²) in [4.78, 5) is 21.8. The summed E-state index contributed by atoms with van der Waals surface area (Å²) in [5.41, 5.74) is 0. The first-order valence-corrected chi connectivity index (χ1v) is 7.42. The van der Waals surface area contributed by atoms with E-state index in [2.05, 4.69) is 17.6 Å². The summed E-state index contributed by atoms with van der Waals surface area (Å²) >= 11 is 1.97. The zero-order valence-electron chi connectivity index (χ0n) is 10.9. The number of hydrogen-bond donors (Lipinski definition) is 3. The van der Waals surface area contributed by atoms with Crippen LogP contribution in [-0.2, 0) is 9.59 Å². The third-order valence-corrected chi connectivity index (χ3v) is 4.31. The first-order valence-electron chi connectivity index (χ1n) is 6.37. The van der Waals surface area contributed by atoms with Crippen LogP contribution >= 0.6 is 11.8 Å². The highest BCUT2D eigenvalue weighted by Gasteiger charge is 2.26. The summed E-state index contributed by atoms with van der Waals surface area (Å²) in [5, 5.41) is 15.3. The van der Waals surface area contributed by atoms with Crippen LogP contribution < -0.4 is 10.6 Å². The fourth-order valence-corrected chi connectivity index (χ4v) is 3.39. The number of thioether (sulfide) groups is 1. The minimum absolute atomic E-state index is 0.295. The van der Waals surface area contributed by atoms with Gasteiger partial charge in [0.15, 0.2) is 0 Å². The summed E-state index contributed by atoms with van der Waals surface area (Å²) in [6, 6.07) is -0.454. The summed E-state index contributed by atoms with van der Waals surface area (Å²) in [6.07, 6.45) is 3.36. The lowest BCUT2D eigenvalue weighted by Gasteiger charge is -2.18. The quantitative estimate of drug-likeness (QED) is 0.641. The average molecular weight is 274 g/mol. The number of carboxylic acid groups (broad SMARTS) is 1. The Hall–Kier alpha value is -0.750. The van der Waals surface area contributed by atoms with Crippen molar-refractivity contribution in [2.45, 2.75) is 50.4 Å². The van der Waals surface area contributed by atoms with E-state index in [9.17, 15) is 9.59 Å². The van der Waals surface area contributed by atoms with Gasteiger partial charge >= 0.3 is 5.97 Å². The number of amides is 1. The monoisotopic (exact) mass is 274 g/mol. The van der Waals surface area contributed by atoms with Gasteiger partial charge in [0.05, 0.1) is 0 Å². The summed E-state index contributed by atoms with van der Waals surface area (Å²) in [6.45, 7) is 3.78. The van der Waals surface area contributed by atoms with E-state index in [1.165, 1.54) is 13.3 Å². The van der Waals surface area contributed by atoms with Crippen LogP contribution in [0.2, 0.25) is 0 Å². The first-order chi connectivity index (χ1) is 8.52. The molecule has 0 aromatic carbocycles. The van der Waals surface area contributed by atoms with E-state index in [0.29, 0.717) is 17.8 Å². The second-order valence-corrected chi connectivity index (χ2v) is 6.16. The molecule has 1 aliphatic carbocycles. The third-order valence-electron chi connectivity index (χ3n) is 3.07. The largest absolute Gasteiger partial charge is 0.480 e. The number of rotatable bonds is 7.